The van der Waals surface area contributed by atoms with Gasteiger partial charge in [0.2, 0.25) is 5.95 Å². The van der Waals surface area contributed by atoms with Gasteiger partial charge in [-0.05, 0) is 56.0 Å². The zero-order valence-electron chi connectivity index (χ0n) is 19.4. The minimum absolute atomic E-state index is 0.0117. The van der Waals surface area contributed by atoms with Gasteiger partial charge in [0, 0.05) is 48.0 Å². The van der Waals surface area contributed by atoms with Crippen LogP contribution in [0.25, 0.3) is 10.9 Å². The first-order chi connectivity index (χ1) is 17.1. The van der Waals surface area contributed by atoms with Gasteiger partial charge in [0.1, 0.15) is 12.5 Å². The monoisotopic (exact) mass is 481 g/mol. The number of hydrogen-bond donors (Lipinski definition) is 3. The summed E-state index contributed by atoms with van der Waals surface area (Å²) in [5.74, 6) is -0.356. The lowest BCUT2D eigenvalue weighted by Gasteiger charge is -2.26. The molecule has 35 heavy (non-hydrogen) atoms. The zero-order valence-corrected chi connectivity index (χ0v) is 19.4. The number of nitrogens with zero attached hydrogens (tertiary/aromatic N) is 2. The molecule has 184 valence electrons. The van der Waals surface area contributed by atoms with Crippen molar-refractivity contribution in [2.24, 2.45) is 0 Å². The van der Waals surface area contributed by atoms with Crippen LogP contribution in [0.2, 0.25) is 0 Å². The summed E-state index contributed by atoms with van der Waals surface area (Å²) in [5.41, 5.74) is 1.74. The van der Waals surface area contributed by atoms with Crippen molar-refractivity contribution < 1.29 is 18.3 Å². The molecular formula is C26H29F2N5O2. The number of anilines is 1. The molecule has 1 amide bonds. The van der Waals surface area contributed by atoms with E-state index in [0.29, 0.717) is 35.8 Å². The molecule has 2 saturated heterocycles. The number of nitrogens with one attached hydrogen (secondary N) is 3. The molecule has 0 unspecified atom stereocenters. The molecule has 0 spiro atoms. The number of ether oxygens (including phenoxy) is 1. The number of alkyl halides is 1. The van der Waals surface area contributed by atoms with Gasteiger partial charge in [-0.15, -0.1) is 0 Å². The van der Waals surface area contributed by atoms with Gasteiger partial charge in [-0.1, -0.05) is 18.2 Å². The standard InChI is InChI=1S/C26H29F2N5O2/c27-14-18-5-3-16(12-21(18)28)24(22-2-1-9-29-22)33-25(34)17-4-6-19-15-30-26(32-23(19)13-17)31-20-7-10-35-11-8-20/h3-6,12-13,15,20,22,24,29H,1-2,7-11,14H2,(H,33,34)(H,30,31,32)/t22-,24-/m0/s1. The molecule has 0 radical (unpaired) electrons. The Balaban J connectivity index is 1.37. The van der Waals surface area contributed by atoms with Crippen LogP contribution in [0.15, 0.2) is 42.6 Å². The van der Waals surface area contributed by atoms with Crippen molar-refractivity contribution >= 4 is 22.8 Å². The van der Waals surface area contributed by atoms with E-state index in [1.807, 2.05) is 6.07 Å². The van der Waals surface area contributed by atoms with Gasteiger partial charge >= 0.3 is 0 Å². The molecule has 0 aliphatic carbocycles. The van der Waals surface area contributed by atoms with E-state index < -0.39 is 18.5 Å². The molecule has 9 heteroatoms. The quantitative estimate of drug-likeness (QED) is 0.472. The largest absolute Gasteiger partial charge is 0.381 e. The van der Waals surface area contributed by atoms with E-state index in [1.165, 1.54) is 12.1 Å². The summed E-state index contributed by atoms with van der Waals surface area (Å²) in [6.07, 6.45) is 5.36. The Morgan fingerprint density at radius 2 is 2.03 bits per heavy atom. The van der Waals surface area contributed by atoms with Crippen molar-refractivity contribution in [3.8, 4) is 0 Å². The van der Waals surface area contributed by atoms with E-state index >= 15 is 0 Å². The van der Waals surface area contributed by atoms with Gasteiger partial charge in [0.25, 0.3) is 5.91 Å². The summed E-state index contributed by atoms with van der Waals surface area (Å²) in [5, 5.41) is 10.6. The Labute approximate surface area is 202 Å². The molecule has 2 aliphatic rings. The van der Waals surface area contributed by atoms with E-state index in [2.05, 4.69) is 25.9 Å². The zero-order chi connectivity index (χ0) is 24.2. The maximum Gasteiger partial charge on any atom is 0.251 e. The van der Waals surface area contributed by atoms with Crippen molar-refractivity contribution in [1.29, 1.82) is 0 Å². The van der Waals surface area contributed by atoms with Gasteiger partial charge in [-0.2, -0.15) is 0 Å². The summed E-state index contributed by atoms with van der Waals surface area (Å²) in [6, 6.07) is 9.53. The maximum absolute atomic E-state index is 14.3. The molecule has 5 rings (SSSR count). The number of carbonyl (C=O) groups is 1. The van der Waals surface area contributed by atoms with Crippen molar-refractivity contribution in [3.63, 3.8) is 0 Å². The number of aromatic nitrogens is 2. The molecule has 2 aliphatic heterocycles. The minimum Gasteiger partial charge on any atom is -0.381 e. The number of fused-ring (bicyclic) bond motifs is 1. The highest BCUT2D eigenvalue weighted by atomic mass is 19.1. The third-order valence-corrected chi connectivity index (χ3v) is 6.77. The molecule has 3 heterocycles. The highest BCUT2D eigenvalue weighted by molar-refractivity contribution is 5.98. The Morgan fingerprint density at radius 3 is 2.77 bits per heavy atom. The smallest absolute Gasteiger partial charge is 0.251 e. The van der Waals surface area contributed by atoms with Crippen LogP contribution in [0, 0.1) is 5.82 Å². The fraction of sp³-hybridized carbons (Fsp3) is 0.423. The minimum atomic E-state index is -0.866. The SMILES string of the molecule is O=C(N[C@@H](c1ccc(CF)c(F)c1)[C@@H]1CCCN1)c1ccc2cnc(NC3CCOCC3)nc2c1. The van der Waals surface area contributed by atoms with E-state index in [9.17, 15) is 13.6 Å². The van der Waals surface area contributed by atoms with E-state index in [4.69, 9.17) is 4.74 Å². The van der Waals surface area contributed by atoms with Crippen LogP contribution in [0.3, 0.4) is 0 Å². The number of halogens is 2. The van der Waals surface area contributed by atoms with Crippen LogP contribution < -0.4 is 16.0 Å². The number of hydrogen-bond acceptors (Lipinski definition) is 6. The van der Waals surface area contributed by atoms with E-state index in [-0.39, 0.29) is 23.6 Å². The molecule has 2 aromatic carbocycles. The van der Waals surface area contributed by atoms with Crippen LogP contribution in [0.1, 0.15) is 53.2 Å². The third-order valence-electron chi connectivity index (χ3n) is 6.77. The summed E-state index contributed by atoms with van der Waals surface area (Å²) in [7, 11) is 0. The van der Waals surface area contributed by atoms with Crippen molar-refractivity contribution in [2.75, 3.05) is 25.1 Å². The molecule has 0 saturated carbocycles. The molecule has 1 aromatic heterocycles. The van der Waals surface area contributed by atoms with E-state index in [1.54, 1.807) is 24.4 Å². The van der Waals surface area contributed by atoms with Crippen LogP contribution in [0.5, 0.6) is 0 Å². The molecular weight excluding hydrogens is 452 g/mol. The first-order valence-electron chi connectivity index (χ1n) is 12.1. The maximum atomic E-state index is 14.3. The normalized spacial score (nSPS) is 19.5. The summed E-state index contributed by atoms with van der Waals surface area (Å²) in [4.78, 5) is 22.3. The fourth-order valence-electron chi connectivity index (χ4n) is 4.76. The Bertz CT molecular complexity index is 1200. The molecule has 7 nitrogen and oxygen atoms in total. The summed E-state index contributed by atoms with van der Waals surface area (Å²) in [6.45, 7) is 1.40. The van der Waals surface area contributed by atoms with Gasteiger partial charge < -0.3 is 20.7 Å². The Morgan fingerprint density at radius 1 is 1.17 bits per heavy atom. The fourth-order valence-corrected chi connectivity index (χ4v) is 4.76. The molecule has 0 bridgehead atoms. The van der Waals surface area contributed by atoms with Crippen molar-refractivity contribution in [3.05, 3.63) is 65.1 Å². The van der Waals surface area contributed by atoms with Gasteiger partial charge in [-0.25, -0.2) is 18.7 Å². The number of carbonyl (C=O) groups excluding carboxylic acids is 1. The second-order valence-corrected chi connectivity index (χ2v) is 9.14. The lowest BCUT2D eigenvalue weighted by Crippen LogP contribution is -2.41. The predicted molar refractivity (Wildman–Crippen MR) is 129 cm³/mol. The second-order valence-electron chi connectivity index (χ2n) is 9.14. The van der Waals surface area contributed by atoms with Crippen LogP contribution in [-0.4, -0.2) is 47.7 Å². The van der Waals surface area contributed by atoms with Gasteiger partial charge in [-0.3, -0.25) is 4.79 Å². The van der Waals surface area contributed by atoms with Gasteiger partial charge in [0.15, 0.2) is 0 Å². The number of amides is 1. The molecule has 3 N–H and O–H groups in total. The summed E-state index contributed by atoms with van der Waals surface area (Å²) >= 11 is 0. The lowest BCUT2D eigenvalue weighted by molar-refractivity contribution is 0.0902. The number of rotatable bonds is 7. The predicted octanol–water partition coefficient (Wildman–Crippen LogP) is 4.05. The topological polar surface area (TPSA) is 88.2 Å². The first kappa shape index (κ1) is 23.6. The molecule has 3 aromatic rings. The lowest BCUT2D eigenvalue weighted by atomic mass is 9.96. The van der Waals surface area contributed by atoms with Gasteiger partial charge in [0.05, 0.1) is 11.6 Å². The molecule has 2 fully saturated rings. The molecule has 2 atom stereocenters. The third kappa shape index (κ3) is 5.41. The van der Waals surface area contributed by atoms with Crippen LogP contribution in [0.4, 0.5) is 14.7 Å². The summed E-state index contributed by atoms with van der Waals surface area (Å²) < 4.78 is 32.7. The first-order valence-corrected chi connectivity index (χ1v) is 12.1. The van der Waals surface area contributed by atoms with Crippen LogP contribution in [-0.2, 0) is 11.4 Å². The Hall–Kier alpha value is -3.17. The number of benzene rings is 2. The highest BCUT2D eigenvalue weighted by Gasteiger charge is 2.28. The Kier molecular flexibility index (Phi) is 7.15. The second kappa shape index (κ2) is 10.6. The average molecular weight is 482 g/mol. The van der Waals surface area contributed by atoms with Crippen molar-refractivity contribution in [1.82, 2.24) is 20.6 Å². The average Bonchev–Trinajstić information content (AvgIpc) is 3.42. The highest BCUT2D eigenvalue weighted by Crippen LogP contribution is 2.26. The van der Waals surface area contributed by atoms with E-state index in [0.717, 1.165) is 37.6 Å². The van der Waals surface area contributed by atoms with Crippen LogP contribution >= 0.6 is 0 Å². The van der Waals surface area contributed by atoms with Crippen molar-refractivity contribution in [2.45, 2.75) is 50.5 Å².